The second-order valence-electron chi connectivity index (χ2n) is 2.92. The molecule has 1 aromatic rings. The van der Waals surface area contributed by atoms with Crippen molar-refractivity contribution in [3.8, 4) is 0 Å². The summed E-state index contributed by atoms with van der Waals surface area (Å²) in [6, 6.07) is 5.95. The van der Waals surface area contributed by atoms with Crippen LogP contribution in [0.1, 0.15) is 30.6 Å². The Balaban J connectivity index is 3.01. The van der Waals surface area contributed by atoms with Gasteiger partial charge in [-0.05, 0) is 36.6 Å². The van der Waals surface area contributed by atoms with Crippen LogP contribution in [0.4, 0.5) is 0 Å². The molecule has 0 saturated carbocycles. The van der Waals surface area contributed by atoms with E-state index in [9.17, 15) is 5.11 Å². The number of hydrogen-bond acceptors (Lipinski definition) is 1. The van der Waals surface area contributed by atoms with Crippen molar-refractivity contribution in [1.82, 2.24) is 0 Å². The standard InChI is InChI=1S/C10H13BrO/c1-3-10(12)9-5-4-8(11)6-7(9)2/h4-6,10,12H,3H2,1-2H3. The zero-order chi connectivity index (χ0) is 9.14. The van der Waals surface area contributed by atoms with Crippen molar-refractivity contribution in [3.05, 3.63) is 33.8 Å². The summed E-state index contributed by atoms with van der Waals surface area (Å²) < 4.78 is 1.06. The lowest BCUT2D eigenvalue weighted by molar-refractivity contribution is 0.173. The number of benzene rings is 1. The first-order chi connectivity index (χ1) is 5.65. The fourth-order valence-electron chi connectivity index (χ4n) is 1.23. The van der Waals surface area contributed by atoms with Gasteiger partial charge in [0.1, 0.15) is 0 Å². The molecule has 1 atom stereocenters. The smallest absolute Gasteiger partial charge is 0.0790 e. The Morgan fingerprint density at radius 2 is 2.17 bits per heavy atom. The van der Waals surface area contributed by atoms with Crippen molar-refractivity contribution in [2.75, 3.05) is 0 Å². The molecule has 0 amide bonds. The van der Waals surface area contributed by atoms with Gasteiger partial charge >= 0.3 is 0 Å². The summed E-state index contributed by atoms with van der Waals surface area (Å²) in [5.41, 5.74) is 2.17. The second kappa shape index (κ2) is 4.06. The number of rotatable bonds is 2. The SMILES string of the molecule is CCC(O)c1ccc(Br)cc1C. The molecule has 1 aromatic carbocycles. The van der Waals surface area contributed by atoms with Crippen molar-refractivity contribution < 1.29 is 5.11 Å². The number of aryl methyl sites for hydroxylation is 1. The van der Waals surface area contributed by atoms with Gasteiger partial charge in [-0.2, -0.15) is 0 Å². The Morgan fingerprint density at radius 1 is 1.50 bits per heavy atom. The number of aliphatic hydroxyl groups excluding tert-OH is 1. The Labute approximate surface area is 81.6 Å². The fourth-order valence-corrected chi connectivity index (χ4v) is 1.71. The van der Waals surface area contributed by atoms with Gasteiger partial charge in [0.25, 0.3) is 0 Å². The number of hydrogen-bond donors (Lipinski definition) is 1. The zero-order valence-electron chi connectivity index (χ0n) is 7.34. The van der Waals surface area contributed by atoms with Gasteiger partial charge in [0, 0.05) is 4.47 Å². The minimum atomic E-state index is -0.321. The highest BCUT2D eigenvalue weighted by Crippen LogP contribution is 2.23. The van der Waals surface area contributed by atoms with Crippen LogP contribution in [0, 0.1) is 6.92 Å². The molecular weight excluding hydrogens is 216 g/mol. The second-order valence-corrected chi connectivity index (χ2v) is 3.84. The van der Waals surface area contributed by atoms with Gasteiger partial charge in [0.2, 0.25) is 0 Å². The molecule has 0 saturated heterocycles. The average molecular weight is 229 g/mol. The Hall–Kier alpha value is -0.340. The molecule has 0 bridgehead atoms. The number of halogens is 1. The van der Waals surface area contributed by atoms with E-state index in [-0.39, 0.29) is 6.10 Å². The third-order valence-electron chi connectivity index (χ3n) is 1.98. The van der Waals surface area contributed by atoms with Gasteiger partial charge in [-0.3, -0.25) is 0 Å². The van der Waals surface area contributed by atoms with Crippen molar-refractivity contribution in [1.29, 1.82) is 0 Å². The molecule has 0 aromatic heterocycles. The quantitative estimate of drug-likeness (QED) is 0.825. The van der Waals surface area contributed by atoms with Crippen LogP contribution in [0.3, 0.4) is 0 Å². The van der Waals surface area contributed by atoms with Crippen molar-refractivity contribution in [2.24, 2.45) is 0 Å². The van der Waals surface area contributed by atoms with E-state index in [0.29, 0.717) is 0 Å². The van der Waals surface area contributed by atoms with E-state index < -0.39 is 0 Å². The lowest BCUT2D eigenvalue weighted by atomic mass is 10.0. The third-order valence-corrected chi connectivity index (χ3v) is 2.47. The van der Waals surface area contributed by atoms with Gasteiger partial charge in [-0.1, -0.05) is 28.9 Å². The van der Waals surface area contributed by atoms with E-state index in [1.165, 1.54) is 0 Å². The highest BCUT2D eigenvalue weighted by atomic mass is 79.9. The van der Waals surface area contributed by atoms with Crippen LogP contribution in [0.25, 0.3) is 0 Å². The zero-order valence-corrected chi connectivity index (χ0v) is 8.93. The van der Waals surface area contributed by atoms with E-state index >= 15 is 0 Å². The molecule has 2 heteroatoms. The maximum Gasteiger partial charge on any atom is 0.0790 e. The lowest BCUT2D eigenvalue weighted by Crippen LogP contribution is -1.97. The van der Waals surface area contributed by atoms with E-state index in [1.54, 1.807) is 0 Å². The Kier molecular flexibility index (Phi) is 3.29. The molecule has 1 rings (SSSR count). The predicted octanol–water partition coefficient (Wildman–Crippen LogP) is 3.20. The van der Waals surface area contributed by atoms with Gasteiger partial charge in [0.15, 0.2) is 0 Å². The largest absolute Gasteiger partial charge is 0.388 e. The Bertz CT molecular complexity index is 271. The molecule has 0 spiro atoms. The minimum Gasteiger partial charge on any atom is -0.388 e. The van der Waals surface area contributed by atoms with Crippen molar-refractivity contribution >= 4 is 15.9 Å². The molecule has 0 radical (unpaired) electrons. The summed E-state index contributed by atoms with van der Waals surface area (Å²) in [5.74, 6) is 0. The number of aliphatic hydroxyl groups is 1. The minimum absolute atomic E-state index is 0.321. The summed E-state index contributed by atoms with van der Waals surface area (Å²) >= 11 is 3.39. The average Bonchev–Trinajstić information content (AvgIpc) is 2.03. The highest BCUT2D eigenvalue weighted by molar-refractivity contribution is 9.10. The summed E-state index contributed by atoms with van der Waals surface area (Å²) in [4.78, 5) is 0. The summed E-state index contributed by atoms with van der Waals surface area (Å²) in [5, 5.41) is 9.59. The third kappa shape index (κ3) is 2.08. The van der Waals surface area contributed by atoms with Crippen LogP contribution >= 0.6 is 15.9 Å². The fraction of sp³-hybridized carbons (Fsp3) is 0.400. The maximum absolute atomic E-state index is 9.59. The summed E-state index contributed by atoms with van der Waals surface area (Å²) in [6.45, 7) is 3.99. The van der Waals surface area contributed by atoms with Crippen LogP contribution < -0.4 is 0 Å². The van der Waals surface area contributed by atoms with Crippen LogP contribution in [-0.2, 0) is 0 Å². The molecule has 0 aliphatic rings. The molecule has 0 aliphatic heterocycles. The van der Waals surface area contributed by atoms with Gasteiger partial charge in [-0.15, -0.1) is 0 Å². The molecule has 1 nitrogen and oxygen atoms in total. The van der Waals surface area contributed by atoms with E-state index in [4.69, 9.17) is 0 Å². The molecule has 0 heterocycles. The molecule has 1 N–H and O–H groups in total. The topological polar surface area (TPSA) is 20.2 Å². The monoisotopic (exact) mass is 228 g/mol. The van der Waals surface area contributed by atoms with E-state index in [1.807, 2.05) is 32.0 Å². The molecule has 12 heavy (non-hydrogen) atoms. The molecular formula is C10H13BrO. The van der Waals surface area contributed by atoms with Gasteiger partial charge in [0.05, 0.1) is 6.10 Å². The first-order valence-corrected chi connectivity index (χ1v) is 4.88. The van der Waals surface area contributed by atoms with E-state index in [2.05, 4.69) is 15.9 Å². The molecule has 0 fully saturated rings. The Morgan fingerprint density at radius 3 is 2.67 bits per heavy atom. The van der Waals surface area contributed by atoms with Crippen LogP contribution in [0.15, 0.2) is 22.7 Å². The van der Waals surface area contributed by atoms with Gasteiger partial charge in [-0.25, -0.2) is 0 Å². The summed E-state index contributed by atoms with van der Waals surface area (Å²) in [6.07, 6.45) is 0.445. The highest BCUT2D eigenvalue weighted by Gasteiger charge is 2.07. The first-order valence-electron chi connectivity index (χ1n) is 4.09. The predicted molar refractivity (Wildman–Crippen MR) is 54.1 cm³/mol. The summed E-state index contributed by atoms with van der Waals surface area (Å²) in [7, 11) is 0. The lowest BCUT2D eigenvalue weighted by Gasteiger charge is -2.11. The van der Waals surface area contributed by atoms with Crippen molar-refractivity contribution in [2.45, 2.75) is 26.4 Å². The first kappa shape index (κ1) is 9.75. The van der Waals surface area contributed by atoms with Crippen molar-refractivity contribution in [3.63, 3.8) is 0 Å². The normalized spacial score (nSPS) is 13.0. The molecule has 66 valence electrons. The molecule has 1 unspecified atom stereocenters. The van der Waals surface area contributed by atoms with E-state index in [0.717, 1.165) is 22.0 Å². The van der Waals surface area contributed by atoms with Crippen LogP contribution in [0.2, 0.25) is 0 Å². The maximum atomic E-state index is 9.59. The van der Waals surface area contributed by atoms with Crippen LogP contribution in [-0.4, -0.2) is 5.11 Å². The van der Waals surface area contributed by atoms with Crippen LogP contribution in [0.5, 0.6) is 0 Å². The molecule has 0 aliphatic carbocycles. The van der Waals surface area contributed by atoms with Gasteiger partial charge < -0.3 is 5.11 Å².